The molecule has 0 aliphatic carbocycles. The van der Waals surface area contributed by atoms with Crippen LogP contribution in [0.3, 0.4) is 0 Å². The topological polar surface area (TPSA) is 65.4 Å². The van der Waals surface area contributed by atoms with Crippen LogP contribution in [0.1, 0.15) is 53.4 Å². The van der Waals surface area contributed by atoms with Crippen molar-refractivity contribution < 1.29 is 14.3 Å². The molecule has 0 radical (unpaired) electrons. The number of imidazole rings is 1. The highest BCUT2D eigenvalue weighted by Crippen LogP contribution is 2.37. The molecule has 3 aromatic rings. The first-order chi connectivity index (χ1) is 17.9. The average molecular weight is 524 g/mol. The maximum atomic E-state index is 12.2. The molecule has 6 nitrogen and oxygen atoms in total. The van der Waals surface area contributed by atoms with Crippen molar-refractivity contribution in [1.82, 2.24) is 14.9 Å². The Morgan fingerprint density at radius 3 is 2.08 bits per heavy atom. The minimum Gasteiger partial charge on any atom is -0.497 e. The molecule has 1 amide bonds. The van der Waals surface area contributed by atoms with E-state index in [1.165, 1.54) is 0 Å². The molecule has 0 saturated carbocycles. The summed E-state index contributed by atoms with van der Waals surface area (Å²) in [6, 6.07) is 16.5. The van der Waals surface area contributed by atoms with E-state index in [2.05, 4.69) is 61.8 Å². The van der Waals surface area contributed by atoms with E-state index < -0.39 is 0 Å². The Balaban J connectivity index is 1.81. The molecule has 37 heavy (non-hydrogen) atoms. The number of unbranched alkanes of at least 4 members (excludes halogenated alkanes) is 1. The van der Waals surface area contributed by atoms with E-state index in [4.69, 9.17) is 14.5 Å². The smallest absolute Gasteiger partial charge is 0.220 e. The Bertz CT molecular complexity index is 1120. The number of aromatic nitrogens is 2. The van der Waals surface area contributed by atoms with Crippen LogP contribution in [-0.2, 0) is 11.3 Å². The van der Waals surface area contributed by atoms with Crippen molar-refractivity contribution in [2.24, 2.45) is 5.92 Å². The Morgan fingerprint density at radius 2 is 1.54 bits per heavy atom. The van der Waals surface area contributed by atoms with Crippen LogP contribution >= 0.6 is 11.8 Å². The number of hydrogen-bond acceptors (Lipinski definition) is 5. The SMILES string of the molecule is CCCn1c(SCCCCC(=O)NC(C)C(C)C)nc(-c2ccc(OC)cc2)c1-c1ccc(OC)cc1. The number of benzene rings is 2. The maximum Gasteiger partial charge on any atom is 0.220 e. The molecule has 2 aromatic carbocycles. The second-order valence-electron chi connectivity index (χ2n) is 9.61. The van der Waals surface area contributed by atoms with Gasteiger partial charge >= 0.3 is 0 Å². The second kappa shape index (κ2) is 14.1. The van der Waals surface area contributed by atoms with Gasteiger partial charge in [0.15, 0.2) is 5.16 Å². The van der Waals surface area contributed by atoms with Crippen molar-refractivity contribution >= 4 is 17.7 Å². The predicted octanol–water partition coefficient (Wildman–Crippen LogP) is 7.07. The van der Waals surface area contributed by atoms with Gasteiger partial charge in [-0.25, -0.2) is 4.98 Å². The zero-order chi connectivity index (χ0) is 26.8. The van der Waals surface area contributed by atoms with Crippen molar-refractivity contribution in [1.29, 1.82) is 0 Å². The highest BCUT2D eigenvalue weighted by atomic mass is 32.2. The summed E-state index contributed by atoms with van der Waals surface area (Å²) < 4.78 is 13.1. The van der Waals surface area contributed by atoms with Crippen LogP contribution in [0, 0.1) is 5.92 Å². The average Bonchev–Trinajstić information content (AvgIpc) is 3.26. The molecule has 0 saturated heterocycles. The number of nitrogens with one attached hydrogen (secondary N) is 1. The summed E-state index contributed by atoms with van der Waals surface area (Å²) in [6.07, 6.45) is 3.40. The number of nitrogens with zero attached hydrogens (tertiary/aromatic N) is 2. The van der Waals surface area contributed by atoms with Crippen molar-refractivity contribution in [2.75, 3.05) is 20.0 Å². The lowest BCUT2D eigenvalue weighted by Gasteiger charge is -2.17. The molecule has 200 valence electrons. The molecular weight excluding hydrogens is 482 g/mol. The Morgan fingerprint density at radius 1 is 0.946 bits per heavy atom. The summed E-state index contributed by atoms with van der Waals surface area (Å²) in [5.74, 6) is 3.15. The Kier molecular flexibility index (Phi) is 10.9. The summed E-state index contributed by atoms with van der Waals surface area (Å²) in [4.78, 5) is 17.4. The molecule has 1 aromatic heterocycles. The quantitative estimate of drug-likeness (QED) is 0.181. The number of thioether (sulfide) groups is 1. The van der Waals surface area contributed by atoms with Crippen LogP contribution in [0.4, 0.5) is 0 Å². The van der Waals surface area contributed by atoms with Crippen molar-refractivity contribution in [3.63, 3.8) is 0 Å². The van der Waals surface area contributed by atoms with Gasteiger partial charge in [0.1, 0.15) is 11.5 Å². The number of rotatable bonds is 14. The minimum absolute atomic E-state index is 0.141. The van der Waals surface area contributed by atoms with Crippen LogP contribution in [0.25, 0.3) is 22.5 Å². The highest BCUT2D eigenvalue weighted by Gasteiger charge is 2.20. The van der Waals surface area contributed by atoms with Gasteiger partial charge in [-0.1, -0.05) is 32.5 Å². The number of methoxy groups -OCH3 is 2. The zero-order valence-electron chi connectivity index (χ0n) is 23.0. The summed E-state index contributed by atoms with van der Waals surface area (Å²) in [7, 11) is 3.36. The zero-order valence-corrected chi connectivity index (χ0v) is 23.9. The van der Waals surface area contributed by atoms with E-state index in [1.807, 2.05) is 24.3 Å². The molecule has 1 heterocycles. The van der Waals surface area contributed by atoms with Gasteiger partial charge in [0.2, 0.25) is 5.91 Å². The molecule has 0 spiro atoms. The number of carbonyl (C=O) groups is 1. The van der Waals surface area contributed by atoms with Gasteiger partial charge in [-0.2, -0.15) is 0 Å². The first-order valence-electron chi connectivity index (χ1n) is 13.2. The molecule has 7 heteroatoms. The molecule has 1 N–H and O–H groups in total. The fourth-order valence-electron chi connectivity index (χ4n) is 4.01. The molecule has 0 fully saturated rings. The van der Waals surface area contributed by atoms with E-state index in [1.54, 1.807) is 26.0 Å². The van der Waals surface area contributed by atoms with Crippen LogP contribution in [0.5, 0.6) is 11.5 Å². The third-order valence-electron chi connectivity index (χ3n) is 6.52. The lowest BCUT2D eigenvalue weighted by atomic mass is 10.0. The molecule has 1 unspecified atom stereocenters. The van der Waals surface area contributed by atoms with E-state index >= 15 is 0 Å². The van der Waals surface area contributed by atoms with Gasteiger partial charge in [-0.15, -0.1) is 0 Å². The Hall–Kier alpha value is -2.93. The largest absolute Gasteiger partial charge is 0.497 e. The summed E-state index contributed by atoms with van der Waals surface area (Å²) >= 11 is 1.77. The third kappa shape index (κ3) is 7.78. The number of hydrogen-bond donors (Lipinski definition) is 1. The molecule has 0 bridgehead atoms. The van der Waals surface area contributed by atoms with Gasteiger partial charge < -0.3 is 19.4 Å². The lowest BCUT2D eigenvalue weighted by Crippen LogP contribution is -2.35. The third-order valence-corrected chi connectivity index (χ3v) is 7.59. The van der Waals surface area contributed by atoms with E-state index in [0.29, 0.717) is 12.3 Å². The molecule has 0 aliphatic heterocycles. The van der Waals surface area contributed by atoms with Crippen LogP contribution in [-0.4, -0.2) is 41.5 Å². The van der Waals surface area contributed by atoms with Crippen LogP contribution in [0.15, 0.2) is 53.7 Å². The molecule has 3 rings (SSSR count). The normalized spacial score (nSPS) is 12.0. The van der Waals surface area contributed by atoms with E-state index in [-0.39, 0.29) is 11.9 Å². The predicted molar refractivity (Wildman–Crippen MR) is 154 cm³/mol. The fourth-order valence-corrected chi connectivity index (χ4v) is 5.03. The standard InChI is InChI=1S/C30H41N3O3S/c1-7-19-33-29(24-13-17-26(36-6)18-14-24)28(23-11-15-25(35-5)16-12-23)32-30(33)37-20-9-8-10-27(34)31-22(4)21(2)3/h11-18,21-22H,7-10,19-20H2,1-6H3,(H,31,34). The van der Waals surface area contributed by atoms with Crippen molar-refractivity contribution in [3.05, 3.63) is 48.5 Å². The number of amides is 1. The van der Waals surface area contributed by atoms with Gasteiger partial charge in [-0.05, 0) is 80.6 Å². The van der Waals surface area contributed by atoms with Crippen LogP contribution < -0.4 is 14.8 Å². The van der Waals surface area contributed by atoms with Gasteiger partial charge in [0, 0.05) is 35.9 Å². The van der Waals surface area contributed by atoms with E-state index in [9.17, 15) is 4.79 Å². The highest BCUT2D eigenvalue weighted by molar-refractivity contribution is 7.99. The van der Waals surface area contributed by atoms with Gasteiger partial charge in [-0.3, -0.25) is 4.79 Å². The summed E-state index contributed by atoms with van der Waals surface area (Å²) in [6.45, 7) is 9.38. The first-order valence-corrected chi connectivity index (χ1v) is 14.2. The molecule has 1 atom stereocenters. The summed E-state index contributed by atoms with van der Waals surface area (Å²) in [5, 5.41) is 4.11. The van der Waals surface area contributed by atoms with Gasteiger partial charge in [0.05, 0.1) is 25.6 Å². The number of carbonyl (C=O) groups excluding carboxylic acids is 1. The monoisotopic (exact) mass is 523 g/mol. The van der Waals surface area contributed by atoms with Gasteiger partial charge in [0.25, 0.3) is 0 Å². The second-order valence-corrected chi connectivity index (χ2v) is 10.7. The molecular formula is C30H41N3O3S. The Labute approximate surface area is 226 Å². The summed E-state index contributed by atoms with van der Waals surface area (Å²) in [5.41, 5.74) is 4.24. The molecule has 0 aliphatic rings. The fraction of sp³-hybridized carbons (Fsp3) is 0.467. The minimum atomic E-state index is 0.141. The van der Waals surface area contributed by atoms with Crippen LogP contribution in [0.2, 0.25) is 0 Å². The lowest BCUT2D eigenvalue weighted by molar-refractivity contribution is -0.122. The van der Waals surface area contributed by atoms with Crippen molar-refractivity contribution in [3.8, 4) is 34.0 Å². The number of ether oxygens (including phenoxy) is 2. The maximum absolute atomic E-state index is 12.2. The first kappa shape index (κ1) is 28.6. The van der Waals surface area contributed by atoms with Crippen molar-refractivity contribution in [2.45, 2.75) is 71.1 Å². The van der Waals surface area contributed by atoms with E-state index in [0.717, 1.165) is 70.7 Å².